The summed E-state index contributed by atoms with van der Waals surface area (Å²) in [6.45, 7) is 8.25. The molecule has 11 nitrogen and oxygen atoms in total. The maximum atomic E-state index is 12.7. The molecule has 1 aromatic rings. The van der Waals surface area contributed by atoms with Gasteiger partial charge in [0.15, 0.2) is 6.10 Å². The Bertz CT molecular complexity index is 1650. The van der Waals surface area contributed by atoms with Gasteiger partial charge in [-0.15, -0.1) is 0 Å². The number of allylic oxidation sites excluding steroid dienone is 10. The van der Waals surface area contributed by atoms with Gasteiger partial charge in [-0.1, -0.05) is 151 Å². The number of hydrogen-bond acceptors (Lipinski definition) is 10. The molecule has 12 heteroatoms. The summed E-state index contributed by atoms with van der Waals surface area (Å²) in [6, 6.07) is 0. The third-order valence-electron chi connectivity index (χ3n) is 11.0. The number of ether oxygens (including phenoxy) is 2. The molecule has 1 heterocycles. The van der Waals surface area contributed by atoms with Crippen LogP contribution < -0.4 is 4.89 Å². The number of furan rings is 1. The van der Waals surface area contributed by atoms with Gasteiger partial charge in [0.2, 0.25) is 0 Å². The molecule has 0 saturated carbocycles. The fourth-order valence-corrected chi connectivity index (χ4v) is 7.55. The predicted octanol–water partition coefficient (Wildman–Crippen LogP) is 12.6. The summed E-state index contributed by atoms with van der Waals surface area (Å²) >= 11 is 0. The zero-order chi connectivity index (χ0) is 48.7. The summed E-state index contributed by atoms with van der Waals surface area (Å²) in [6.07, 6.45) is 43.8. The van der Waals surface area contributed by atoms with Crippen molar-refractivity contribution in [2.45, 2.75) is 188 Å². The lowest BCUT2D eigenvalue weighted by Crippen LogP contribution is -2.37. The van der Waals surface area contributed by atoms with Gasteiger partial charge in [-0.05, 0) is 82.8 Å². The van der Waals surface area contributed by atoms with Gasteiger partial charge in [0.1, 0.15) is 31.3 Å². The van der Waals surface area contributed by atoms with E-state index in [-0.39, 0.29) is 26.1 Å². The average molecular weight is 944 g/mol. The molecule has 66 heavy (non-hydrogen) atoms. The number of nitrogens with zero attached hydrogens (tertiary/aromatic N) is 1. The summed E-state index contributed by atoms with van der Waals surface area (Å²) in [4.78, 5) is 37.7. The van der Waals surface area contributed by atoms with E-state index >= 15 is 0 Å². The molecule has 0 amide bonds. The number of carbonyl (C=O) groups is 2. The first kappa shape index (κ1) is 60.7. The molecule has 376 valence electrons. The van der Waals surface area contributed by atoms with E-state index in [0.717, 1.165) is 57.8 Å². The number of rotatable bonds is 41. The monoisotopic (exact) mass is 944 g/mol. The number of phosphoric acid groups is 1. The average Bonchev–Trinajstić information content (AvgIpc) is 3.53. The highest BCUT2D eigenvalue weighted by Gasteiger charge is 2.22. The minimum absolute atomic E-state index is 0.0603. The second kappa shape index (κ2) is 38.6. The number of aliphatic hydroxyl groups excluding tert-OH is 1. The van der Waals surface area contributed by atoms with Crippen LogP contribution in [0.4, 0.5) is 0 Å². The smallest absolute Gasteiger partial charge is 0.306 e. The van der Waals surface area contributed by atoms with Crippen molar-refractivity contribution in [3.05, 3.63) is 95.6 Å². The number of phosphoric ester groups is 1. The Hall–Kier alpha value is -3.31. The standard InChI is InChI=1S/C54H90NO10P/c1-8-10-31-37-49(56)38-33-27-23-19-15-13-12-14-16-22-26-30-36-42-54(58)64-50(46-63-66(59,60)62-44-43-55(5,6)7)45-61-53(57)41-35-29-25-21-18-17-20-24-28-34-40-52-48(4)47(3)51(65-52)39-32-11-9-2/h10,13-16,23,26-27,30-31,33,38,49-50,56H,8-9,11-12,17-22,24-25,28-29,32,34-37,39-46H2,1-7H3/b15-13-,16-14-,27-23+,30-26-,31-10-,38-33+/t49?,50-/m1/s1. The summed E-state index contributed by atoms with van der Waals surface area (Å²) in [5.74, 6) is 1.39. The van der Waals surface area contributed by atoms with Gasteiger partial charge in [0.25, 0.3) is 7.82 Å². The molecule has 0 aliphatic carbocycles. The van der Waals surface area contributed by atoms with Crippen LogP contribution in [0.15, 0.2) is 77.3 Å². The van der Waals surface area contributed by atoms with Crippen molar-refractivity contribution in [3.63, 3.8) is 0 Å². The van der Waals surface area contributed by atoms with Crippen molar-refractivity contribution in [2.24, 2.45) is 0 Å². The van der Waals surface area contributed by atoms with Gasteiger partial charge >= 0.3 is 11.9 Å². The number of unbranched alkanes of at least 4 members (excludes halogenated alkanes) is 11. The minimum Gasteiger partial charge on any atom is -0.756 e. The molecule has 3 atom stereocenters. The topological polar surface area (TPSA) is 145 Å². The Kier molecular flexibility index (Phi) is 35.5. The van der Waals surface area contributed by atoms with Crippen LogP contribution >= 0.6 is 7.82 Å². The molecule has 0 radical (unpaired) electrons. The van der Waals surface area contributed by atoms with Crippen LogP contribution in [0.2, 0.25) is 0 Å². The molecule has 0 aromatic carbocycles. The molecule has 1 N–H and O–H groups in total. The van der Waals surface area contributed by atoms with E-state index in [1.54, 1.807) is 6.08 Å². The van der Waals surface area contributed by atoms with Crippen molar-refractivity contribution >= 4 is 19.8 Å². The molecule has 0 aliphatic heterocycles. The lowest BCUT2D eigenvalue weighted by atomic mass is 10.0. The van der Waals surface area contributed by atoms with Crippen LogP contribution in [0, 0.1) is 13.8 Å². The lowest BCUT2D eigenvalue weighted by Gasteiger charge is -2.28. The molecule has 2 unspecified atom stereocenters. The Morgan fingerprint density at radius 3 is 1.83 bits per heavy atom. The molecule has 0 spiro atoms. The van der Waals surface area contributed by atoms with Crippen molar-refractivity contribution in [3.8, 4) is 0 Å². The Morgan fingerprint density at radius 2 is 1.24 bits per heavy atom. The van der Waals surface area contributed by atoms with Crippen LogP contribution in [0.1, 0.15) is 171 Å². The Balaban J connectivity index is 2.36. The van der Waals surface area contributed by atoms with Crippen LogP contribution in [0.25, 0.3) is 0 Å². The normalized spacial score (nSPS) is 14.5. The highest BCUT2D eigenvalue weighted by atomic mass is 31.2. The maximum absolute atomic E-state index is 12.7. The number of aryl methyl sites for hydroxylation is 2. The SMILES string of the molecule is CC/C=C\CC(O)/C=C/C=C/C/C=C\C/C=C\C/C=C\CCC(=O)O[C@H](COC(=O)CCCCCCCCCCCCc1oc(CCCCC)c(C)c1C)COP(=O)([O-])OCC[N+](C)(C)C. The van der Waals surface area contributed by atoms with E-state index in [0.29, 0.717) is 30.3 Å². The highest BCUT2D eigenvalue weighted by Crippen LogP contribution is 2.38. The van der Waals surface area contributed by atoms with Gasteiger partial charge in [-0.25, -0.2) is 0 Å². The van der Waals surface area contributed by atoms with E-state index in [1.165, 1.54) is 80.4 Å². The molecule has 1 rings (SSSR count). The second-order valence-corrected chi connectivity index (χ2v) is 19.6. The fraction of sp³-hybridized carbons (Fsp3) is 0.667. The van der Waals surface area contributed by atoms with Crippen LogP contribution in [0.3, 0.4) is 0 Å². The quantitative estimate of drug-likeness (QED) is 0.0168. The first-order valence-electron chi connectivity index (χ1n) is 25.1. The van der Waals surface area contributed by atoms with Gasteiger partial charge in [0, 0.05) is 25.7 Å². The second-order valence-electron chi connectivity index (χ2n) is 18.2. The van der Waals surface area contributed by atoms with Crippen LogP contribution in [-0.2, 0) is 45.5 Å². The van der Waals surface area contributed by atoms with Crippen molar-refractivity contribution in [1.29, 1.82) is 0 Å². The molecular formula is C54H90NO10P. The molecule has 0 saturated heterocycles. The molecular weight excluding hydrogens is 854 g/mol. The summed E-state index contributed by atoms with van der Waals surface area (Å²) in [7, 11) is 1.07. The van der Waals surface area contributed by atoms with E-state index in [9.17, 15) is 24.2 Å². The van der Waals surface area contributed by atoms with Gasteiger partial charge < -0.3 is 37.4 Å². The van der Waals surface area contributed by atoms with E-state index in [4.69, 9.17) is 22.9 Å². The fourth-order valence-electron chi connectivity index (χ4n) is 6.83. The Labute approximate surface area is 400 Å². The highest BCUT2D eigenvalue weighted by molar-refractivity contribution is 7.45. The van der Waals surface area contributed by atoms with E-state index in [1.807, 2.05) is 63.7 Å². The maximum Gasteiger partial charge on any atom is 0.306 e. The lowest BCUT2D eigenvalue weighted by molar-refractivity contribution is -0.870. The van der Waals surface area contributed by atoms with Crippen molar-refractivity contribution in [2.75, 3.05) is 47.5 Å². The zero-order valence-electron chi connectivity index (χ0n) is 42.2. The third kappa shape index (κ3) is 34.9. The molecule has 1 aromatic heterocycles. The molecule has 0 fully saturated rings. The van der Waals surface area contributed by atoms with Crippen molar-refractivity contribution in [1.82, 2.24) is 0 Å². The summed E-state index contributed by atoms with van der Waals surface area (Å²) in [5, 5.41) is 9.87. The van der Waals surface area contributed by atoms with Crippen molar-refractivity contribution < 1.29 is 51.6 Å². The van der Waals surface area contributed by atoms with Gasteiger partial charge in [-0.3, -0.25) is 14.2 Å². The number of quaternary nitrogens is 1. The molecule has 0 bridgehead atoms. The Morgan fingerprint density at radius 1 is 0.682 bits per heavy atom. The van der Waals surface area contributed by atoms with Crippen LogP contribution in [0.5, 0.6) is 0 Å². The van der Waals surface area contributed by atoms with E-state index in [2.05, 4.69) is 52.0 Å². The molecule has 0 aliphatic rings. The number of likely N-dealkylation sites (N-methyl/N-ethyl adjacent to an activating group) is 1. The van der Waals surface area contributed by atoms with Gasteiger partial charge in [0.05, 0.1) is 33.9 Å². The number of aliphatic hydroxyl groups is 1. The third-order valence-corrected chi connectivity index (χ3v) is 12.0. The largest absolute Gasteiger partial charge is 0.756 e. The summed E-state index contributed by atoms with van der Waals surface area (Å²) < 4.78 is 40.2. The van der Waals surface area contributed by atoms with E-state index < -0.39 is 38.6 Å². The number of hydrogen-bond donors (Lipinski definition) is 1. The minimum atomic E-state index is -4.67. The number of carbonyl (C=O) groups excluding carboxylic acids is 2. The first-order chi connectivity index (χ1) is 31.7. The van der Waals surface area contributed by atoms with Crippen LogP contribution in [-0.4, -0.2) is 81.2 Å². The number of esters is 2. The van der Waals surface area contributed by atoms with Gasteiger partial charge in [-0.2, -0.15) is 0 Å². The zero-order valence-corrected chi connectivity index (χ0v) is 43.1. The summed E-state index contributed by atoms with van der Waals surface area (Å²) in [5.41, 5.74) is 2.68. The predicted molar refractivity (Wildman–Crippen MR) is 268 cm³/mol. The first-order valence-corrected chi connectivity index (χ1v) is 26.6.